The molecule has 6 N–H and O–H groups in total. The lowest BCUT2D eigenvalue weighted by atomic mass is 10.0. The minimum absolute atomic E-state index is 0.0841. The molecular formula is C42H36Cl3N9O9. The van der Waals surface area contributed by atoms with E-state index in [1.165, 1.54) is 24.8 Å². The molecule has 0 atom stereocenters. The topological polar surface area (TPSA) is 287 Å². The number of carboxylic acid groups (broad SMARTS) is 3. The maximum atomic E-state index is 10.6. The molecule has 0 aliphatic carbocycles. The molecule has 3 heterocycles. The molecule has 0 saturated heterocycles. The van der Waals surface area contributed by atoms with Crippen LogP contribution in [-0.4, -0.2) is 95.9 Å². The Morgan fingerprint density at radius 1 is 0.429 bits per heavy atom. The average Bonchev–Trinajstić information content (AvgIpc) is 3.29. The SMILES string of the molecule is O=C(O)CC/C(=N\O)c1ccc(-c2cnc(Cl)nc2)cc1.O=C(O)CC/C(=N\O)c1ccc(-c2ncc(Cl)cn2)cc1.O=C(O)CC/C(=N\O)c1cnc(-c2ccc(Cl)cc2)cn1. The van der Waals surface area contributed by atoms with E-state index in [9.17, 15) is 14.4 Å². The number of nitrogens with zero attached hydrogens (tertiary/aromatic N) is 9. The van der Waals surface area contributed by atoms with Gasteiger partial charge in [0.15, 0.2) is 5.82 Å². The van der Waals surface area contributed by atoms with E-state index in [0.29, 0.717) is 49.8 Å². The number of rotatable bonds is 15. The van der Waals surface area contributed by atoms with Crippen molar-refractivity contribution in [2.75, 3.05) is 0 Å². The van der Waals surface area contributed by atoms with Gasteiger partial charge in [-0.1, -0.05) is 99.3 Å². The summed E-state index contributed by atoms with van der Waals surface area (Å²) in [4.78, 5) is 56.0. The molecule has 21 heteroatoms. The summed E-state index contributed by atoms with van der Waals surface area (Å²) in [5.41, 5.74) is 6.46. The van der Waals surface area contributed by atoms with Crippen LogP contribution in [0.4, 0.5) is 0 Å². The van der Waals surface area contributed by atoms with Gasteiger partial charge in [0.05, 0.1) is 53.8 Å². The zero-order chi connectivity index (χ0) is 45.7. The number of hydrogen-bond acceptors (Lipinski definition) is 15. The van der Waals surface area contributed by atoms with E-state index in [1.54, 1.807) is 60.9 Å². The molecule has 63 heavy (non-hydrogen) atoms. The number of hydrogen-bond donors (Lipinski definition) is 6. The first-order valence-corrected chi connectivity index (χ1v) is 19.5. The van der Waals surface area contributed by atoms with Crippen LogP contribution in [0.25, 0.3) is 33.8 Å². The smallest absolute Gasteiger partial charge is 0.303 e. The number of oxime groups is 3. The Kier molecular flexibility index (Phi) is 19.0. The van der Waals surface area contributed by atoms with Crippen LogP contribution in [0.15, 0.2) is 125 Å². The van der Waals surface area contributed by atoms with Gasteiger partial charge in [0, 0.05) is 65.8 Å². The van der Waals surface area contributed by atoms with Crippen molar-refractivity contribution in [3.05, 3.63) is 142 Å². The molecule has 324 valence electrons. The molecular weight excluding hydrogens is 881 g/mol. The fraction of sp³-hybridized carbons (Fsp3) is 0.143. The highest BCUT2D eigenvalue weighted by Gasteiger charge is 2.12. The minimum Gasteiger partial charge on any atom is -0.481 e. The van der Waals surface area contributed by atoms with Crippen molar-refractivity contribution >= 4 is 69.8 Å². The Bertz CT molecular complexity index is 2250. The first-order chi connectivity index (χ1) is 30.3. The van der Waals surface area contributed by atoms with E-state index in [1.807, 2.05) is 24.3 Å². The molecule has 6 rings (SSSR count). The summed E-state index contributed by atoms with van der Waals surface area (Å²) >= 11 is 17.2. The molecule has 3 aromatic heterocycles. The molecule has 0 spiro atoms. The molecule has 18 nitrogen and oxygen atoms in total. The average molecular weight is 917 g/mol. The number of carbonyl (C=O) groups is 3. The molecule has 6 aromatic rings. The van der Waals surface area contributed by atoms with Crippen LogP contribution in [0.2, 0.25) is 15.3 Å². The minimum atomic E-state index is -0.970. The Labute approximate surface area is 373 Å². The number of aromatic nitrogens is 6. The van der Waals surface area contributed by atoms with Crippen LogP contribution in [-0.2, 0) is 14.4 Å². The van der Waals surface area contributed by atoms with Crippen molar-refractivity contribution in [3.8, 4) is 33.8 Å². The van der Waals surface area contributed by atoms with Gasteiger partial charge in [0.1, 0.15) is 11.4 Å². The molecule has 0 unspecified atom stereocenters. The highest BCUT2D eigenvalue weighted by atomic mass is 35.5. The largest absolute Gasteiger partial charge is 0.481 e. The van der Waals surface area contributed by atoms with Crippen molar-refractivity contribution in [2.45, 2.75) is 38.5 Å². The summed E-state index contributed by atoms with van der Waals surface area (Å²) < 4.78 is 0. The molecule has 0 bridgehead atoms. The number of aliphatic carboxylic acids is 3. The summed E-state index contributed by atoms with van der Waals surface area (Å²) in [5, 5.41) is 63.5. The van der Waals surface area contributed by atoms with Crippen molar-refractivity contribution in [1.29, 1.82) is 0 Å². The van der Waals surface area contributed by atoms with Gasteiger partial charge in [-0.05, 0) is 40.4 Å². The summed E-state index contributed by atoms with van der Waals surface area (Å²) in [6, 6.07) is 21.3. The van der Waals surface area contributed by atoms with E-state index in [4.69, 9.17) is 65.7 Å². The van der Waals surface area contributed by atoms with Crippen LogP contribution >= 0.6 is 34.8 Å². The van der Waals surface area contributed by atoms with E-state index in [0.717, 1.165) is 22.3 Å². The monoisotopic (exact) mass is 915 g/mol. The third-order valence-corrected chi connectivity index (χ3v) is 9.09. The van der Waals surface area contributed by atoms with Gasteiger partial charge in [0.25, 0.3) is 0 Å². The molecule has 0 aliphatic heterocycles. The van der Waals surface area contributed by atoms with Crippen LogP contribution < -0.4 is 0 Å². The summed E-state index contributed by atoms with van der Waals surface area (Å²) in [7, 11) is 0. The van der Waals surface area contributed by atoms with Gasteiger partial charge < -0.3 is 30.9 Å². The van der Waals surface area contributed by atoms with Gasteiger partial charge in [-0.3, -0.25) is 24.4 Å². The second kappa shape index (κ2) is 24.7. The highest BCUT2D eigenvalue weighted by molar-refractivity contribution is 6.30. The summed E-state index contributed by atoms with van der Waals surface area (Å²) in [6.45, 7) is 0. The molecule has 0 saturated carbocycles. The lowest BCUT2D eigenvalue weighted by Gasteiger charge is -2.05. The van der Waals surface area contributed by atoms with E-state index in [2.05, 4.69) is 45.4 Å². The standard InChI is InChI=1S/3C14H12ClN3O3/c15-11-7-16-14(17-8-11)10-3-1-9(2-4-10)12(18-21)5-6-13(19)20;15-14-16-7-11(8-17-14)9-1-3-10(4-2-9)12(18-21)5-6-13(19)20;15-10-3-1-9(2-4-10)12-7-17-13(8-16-12)11(18-21)5-6-14(19)20/h3*1-4,7-8,21H,5-6H2,(H,19,20)/b2*18-12+;18-11+. The van der Waals surface area contributed by atoms with Crippen molar-refractivity contribution in [2.24, 2.45) is 15.5 Å². The number of carboxylic acids is 3. The van der Waals surface area contributed by atoms with Crippen LogP contribution in [0, 0.1) is 0 Å². The Morgan fingerprint density at radius 3 is 1.30 bits per heavy atom. The molecule has 0 radical (unpaired) electrons. The van der Waals surface area contributed by atoms with Gasteiger partial charge in [-0.15, -0.1) is 0 Å². The highest BCUT2D eigenvalue weighted by Crippen LogP contribution is 2.22. The number of benzene rings is 3. The predicted octanol–water partition coefficient (Wildman–Crippen LogP) is 8.52. The third kappa shape index (κ3) is 15.9. The Hall–Kier alpha value is -7.41. The second-order valence-corrected chi connectivity index (χ2v) is 13.9. The fourth-order valence-electron chi connectivity index (χ4n) is 5.25. The summed E-state index contributed by atoms with van der Waals surface area (Å²) in [6.07, 6.45) is 9.28. The van der Waals surface area contributed by atoms with Gasteiger partial charge in [-0.2, -0.15) is 0 Å². The van der Waals surface area contributed by atoms with Crippen molar-refractivity contribution < 1.29 is 45.3 Å². The second-order valence-electron chi connectivity index (χ2n) is 12.7. The van der Waals surface area contributed by atoms with Gasteiger partial charge in [-0.25, -0.2) is 19.9 Å². The normalized spacial score (nSPS) is 11.4. The quantitative estimate of drug-likeness (QED) is 0.0243. The van der Waals surface area contributed by atoms with E-state index >= 15 is 0 Å². The van der Waals surface area contributed by atoms with Crippen molar-refractivity contribution in [3.63, 3.8) is 0 Å². The lowest BCUT2D eigenvalue weighted by Crippen LogP contribution is -2.08. The van der Waals surface area contributed by atoms with Gasteiger partial charge in [0.2, 0.25) is 5.28 Å². The zero-order valence-corrected chi connectivity index (χ0v) is 35.0. The molecule has 0 aliphatic rings. The fourth-order valence-corrected chi connectivity index (χ4v) is 5.57. The zero-order valence-electron chi connectivity index (χ0n) is 32.7. The maximum absolute atomic E-state index is 10.6. The first kappa shape index (κ1) is 48.3. The van der Waals surface area contributed by atoms with Crippen LogP contribution in [0.5, 0.6) is 0 Å². The molecule has 0 fully saturated rings. The Balaban J connectivity index is 0.000000207. The molecule has 3 aromatic carbocycles. The predicted molar refractivity (Wildman–Crippen MR) is 233 cm³/mol. The lowest BCUT2D eigenvalue weighted by molar-refractivity contribution is -0.137. The summed E-state index contributed by atoms with van der Waals surface area (Å²) in [5.74, 6) is -2.32. The third-order valence-electron chi connectivity index (χ3n) is 8.45. The number of halogens is 3. The van der Waals surface area contributed by atoms with Crippen LogP contribution in [0.1, 0.15) is 55.3 Å². The molecule has 0 amide bonds. The van der Waals surface area contributed by atoms with Crippen LogP contribution in [0.3, 0.4) is 0 Å². The van der Waals surface area contributed by atoms with Crippen molar-refractivity contribution in [1.82, 2.24) is 29.9 Å². The van der Waals surface area contributed by atoms with E-state index in [-0.39, 0.29) is 49.5 Å². The first-order valence-electron chi connectivity index (χ1n) is 18.3. The van der Waals surface area contributed by atoms with Gasteiger partial charge >= 0.3 is 17.9 Å². The maximum Gasteiger partial charge on any atom is 0.303 e. The van der Waals surface area contributed by atoms with E-state index < -0.39 is 17.9 Å². The Morgan fingerprint density at radius 2 is 0.873 bits per heavy atom.